The number of aliphatic hydroxyl groups excluding tert-OH is 1. The number of halogens is 1. The summed E-state index contributed by atoms with van der Waals surface area (Å²) in [6.07, 6.45) is 0. The van der Waals surface area contributed by atoms with Gasteiger partial charge in [0.25, 0.3) is 0 Å². The third kappa shape index (κ3) is 3.92. The number of aliphatic hydroxyl groups is 1. The van der Waals surface area contributed by atoms with Gasteiger partial charge in [0, 0.05) is 19.6 Å². The lowest BCUT2D eigenvalue weighted by atomic mass is 10.1. The van der Waals surface area contributed by atoms with Gasteiger partial charge in [-0.1, -0.05) is 12.1 Å². The highest BCUT2D eigenvalue weighted by atomic mass is 35.5. The van der Waals surface area contributed by atoms with E-state index in [1.807, 2.05) is 36.4 Å². The van der Waals surface area contributed by atoms with Gasteiger partial charge in [-0.05, 0) is 35.4 Å². The van der Waals surface area contributed by atoms with Crippen molar-refractivity contribution in [1.82, 2.24) is 4.90 Å². The number of hydrogen-bond donors (Lipinski definition) is 1. The van der Waals surface area contributed by atoms with E-state index in [9.17, 15) is 5.11 Å². The fourth-order valence-corrected chi connectivity index (χ4v) is 2.95. The molecule has 2 heterocycles. The Hall–Kier alpha value is -2.15. The van der Waals surface area contributed by atoms with Gasteiger partial charge >= 0.3 is 0 Å². The molecule has 0 radical (unpaired) electrons. The second-order valence-corrected chi connectivity index (χ2v) is 5.81. The number of fused-ring (bicyclic) bond motifs is 2. The lowest BCUT2D eigenvalue weighted by Crippen LogP contribution is -2.26. The minimum atomic E-state index is 0. The normalized spacial score (nSPS) is 13.8. The Bertz CT molecular complexity index is 680. The van der Waals surface area contributed by atoms with E-state index in [1.165, 1.54) is 0 Å². The molecule has 2 aliphatic rings. The maximum Gasteiger partial charge on any atom is 0.231 e. The van der Waals surface area contributed by atoms with E-state index in [-0.39, 0.29) is 32.6 Å². The zero-order valence-electron chi connectivity index (χ0n) is 13.6. The fourth-order valence-electron chi connectivity index (χ4n) is 2.95. The molecule has 0 saturated carbocycles. The molecule has 0 spiro atoms. The lowest BCUT2D eigenvalue weighted by molar-refractivity contribution is 0.173. The number of hydrogen-bond acceptors (Lipinski definition) is 6. The molecule has 7 heteroatoms. The van der Waals surface area contributed by atoms with Crippen molar-refractivity contribution in [2.45, 2.75) is 13.1 Å². The zero-order chi connectivity index (χ0) is 16.4. The standard InChI is InChI=1S/C18H19NO5.ClH/c20-6-5-19(9-13-1-3-15-17(7-13)23-11-21-15)10-14-2-4-16-18(8-14)24-12-22-16;/h1-4,7-8,20H,5-6,9-12H2;1H. The summed E-state index contributed by atoms with van der Waals surface area (Å²) in [7, 11) is 0. The molecule has 6 nitrogen and oxygen atoms in total. The second kappa shape index (κ2) is 7.82. The van der Waals surface area contributed by atoms with Gasteiger partial charge in [-0.25, -0.2) is 0 Å². The van der Waals surface area contributed by atoms with Crippen molar-refractivity contribution in [2.75, 3.05) is 26.7 Å². The predicted molar refractivity (Wildman–Crippen MR) is 93.6 cm³/mol. The number of ether oxygens (including phenoxy) is 4. The van der Waals surface area contributed by atoms with Gasteiger partial charge in [0.2, 0.25) is 13.6 Å². The topological polar surface area (TPSA) is 60.4 Å². The predicted octanol–water partition coefficient (Wildman–Crippen LogP) is 2.56. The largest absolute Gasteiger partial charge is 0.454 e. The van der Waals surface area contributed by atoms with Crippen molar-refractivity contribution < 1.29 is 24.1 Å². The summed E-state index contributed by atoms with van der Waals surface area (Å²) < 4.78 is 21.5. The van der Waals surface area contributed by atoms with Crippen LogP contribution in [0.2, 0.25) is 0 Å². The van der Waals surface area contributed by atoms with E-state index in [2.05, 4.69) is 4.90 Å². The maximum absolute atomic E-state index is 9.37. The molecule has 0 saturated heterocycles. The highest BCUT2D eigenvalue weighted by molar-refractivity contribution is 5.85. The van der Waals surface area contributed by atoms with Crippen LogP contribution in [0.3, 0.4) is 0 Å². The van der Waals surface area contributed by atoms with Crippen LogP contribution in [-0.4, -0.2) is 36.7 Å². The van der Waals surface area contributed by atoms with Crippen LogP contribution in [0, 0.1) is 0 Å². The van der Waals surface area contributed by atoms with Crippen LogP contribution >= 0.6 is 12.4 Å². The van der Waals surface area contributed by atoms with Crippen LogP contribution in [-0.2, 0) is 13.1 Å². The van der Waals surface area contributed by atoms with Gasteiger partial charge in [0.1, 0.15) is 0 Å². The van der Waals surface area contributed by atoms with E-state index in [0.717, 1.165) is 34.1 Å². The fraction of sp³-hybridized carbons (Fsp3) is 0.333. The SMILES string of the molecule is Cl.OCCN(Cc1ccc2c(c1)OCO2)Cc1ccc2c(c1)OCO2. The van der Waals surface area contributed by atoms with Gasteiger partial charge in [-0.3, -0.25) is 4.90 Å². The minimum absolute atomic E-state index is 0. The molecule has 2 aromatic rings. The molecule has 2 aromatic carbocycles. The van der Waals surface area contributed by atoms with E-state index >= 15 is 0 Å². The Morgan fingerprint density at radius 3 is 1.72 bits per heavy atom. The molecule has 0 amide bonds. The summed E-state index contributed by atoms with van der Waals surface area (Å²) in [5, 5.41) is 9.37. The van der Waals surface area contributed by atoms with Gasteiger partial charge in [-0.15, -0.1) is 12.4 Å². The lowest BCUT2D eigenvalue weighted by Gasteiger charge is -2.22. The molecule has 4 rings (SSSR count). The van der Waals surface area contributed by atoms with Gasteiger partial charge in [0.15, 0.2) is 23.0 Å². The molecule has 0 aromatic heterocycles. The molecule has 0 fully saturated rings. The Balaban J connectivity index is 0.00000182. The molecular weight excluding hydrogens is 346 g/mol. The van der Waals surface area contributed by atoms with Crippen LogP contribution in [0.1, 0.15) is 11.1 Å². The number of benzene rings is 2. The summed E-state index contributed by atoms with van der Waals surface area (Å²) >= 11 is 0. The first kappa shape index (κ1) is 17.7. The first-order chi connectivity index (χ1) is 11.8. The summed E-state index contributed by atoms with van der Waals surface area (Å²) in [5.41, 5.74) is 2.24. The van der Waals surface area contributed by atoms with Crippen LogP contribution in [0.15, 0.2) is 36.4 Å². The highest BCUT2D eigenvalue weighted by Crippen LogP contribution is 2.34. The Morgan fingerprint density at radius 2 is 1.24 bits per heavy atom. The molecule has 2 aliphatic heterocycles. The first-order valence-electron chi connectivity index (χ1n) is 7.92. The van der Waals surface area contributed by atoms with Gasteiger partial charge in [-0.2, -0.15) is 0 Å². The molecule has 1 N–H and O–H groups in total. The van der Waals surface area contributed by atoms with Crippen LogP contribution in [0.25, 0.3) is 0 Å². The van der Waals surface area contributed by atoms with E-state index in [1.54, 1.807) is 0 Å². The van der Waals surface area contributed by atoms with Crippen LogP contribution in [0.5, 0.6) is 23.0 Å². The van der Waals surface area contributed by atoms with Crippen molar-refractivity contribution in [2.24, 2.45) is 0 Å². The van der Waals surface area contributed by atoms with Crippen molar-refractivity contribution in [3.8, 4) is 23.0 Å². The summed E-state index contributed by atoms with van der Waals surface area (Å²) in [4.78, 5) is 2.18. The monoisotopic (exact) mass is 365 g/mol. The maximum atomic E-state index is 9.37. The van der Waals surface area contributed by atoms with Crippen LogP contribution in [0.4, 0.5) is 0 Å². The van der Waals surface area contributed by atoms with Gasteiger partial charge in [0.05, 0.1) is 6.61 Å². The summed E-state index contributed by atoms with van der Waals surface area (Å²) in [5.74, 6) is 3.12. The van der Waals surface area contributed by atoms with Crippen molar-refractivity contribution in [3.63, 3.8) is 0 Å². The van der Waals surface area contributed by atoms with Crippen molar-refractivity contribution in [1.29, 1.82) is 0 Å². The molecule has 25 heavy (non-hydrogen) atoms. The number of nitrogens with zero attached hydrogens (tertiary/aromatic N) is 1. The number of rotatable bonds is 6. The Labute approximate surface area is 152 Å². The molecule has 134 valence electrons. The van der Waals surface area contributed by atoms with E-state index < -0.39 is 0 Å². The molecule has 0 atom stereocenters. The third-order valence-electron chi connectivity index (χ3n) is 4.10. The average Bonchev–Trinajstić information content (AvgIpc) is 3.22. The third-order valence-corrected chi connectivity index (χ3v) is 4.10. The van der Waals surface area contributed by atoms with E-state index in [0.29, 0.717) is 19.6 Å². The first-order valence-corrected chi connectivity index (χ1v) is 7.92. The smallest absolute Gasteiger partial charge is 0.231 e. The van der Waals surface area contributed by atoms with Crippen LogP contribution < -0.4 is 18.9 Å². The zero-order valence-corrected chi connectivity index (χ0v) is 14.5. The van der Waals surface area contributed by atoms with E-state index in [4.69, 9.17) is 18.9 Å². The minimum Gasteiger partial charge on any atom is -0.454 e. The van der Waals surface area contributed by atoms with Crippen molar-refractivity contribution >= 4 is 12.4 Å². The second-order valence-electron chi connectivity index (χ2n) is 5.81. The summed E-state index contributed by atoms with van der Waals surface area (Å²) in [6, 6.07) is 11.9. The molecular formula is C18H20ClNO5. The van der Waals surface area contributed by atoms with Crippen molar-refractivity contribution in [3.05, 3.63) is 47.5 Å². The quantitative estimate of drug-likeness (QED) is 0.849. The van der Waals surface area contributed by atoms with Gasteiger partial charge < -0.3 is 24.1 Å². The molecule has 0 unspecified atom stereocenters. The molecule has 0 bridgehead atoms. The Morgan fingerprint density at radius 1 is 0.760 bits per heavy atom. The summed E-state index contributed by atoms with van der Waals surface area (Å²) in [6.45, 7) is 2.67. The highest BCUT2D eigenvalue weighted by Gasteiger charge is 2.17. The Kier molecular flexibility index (Phi) is 5.53. The molecule has 0 aliphatic carbocycles. The average molecular weight is 366 g/mol.